The predicted octanol–water partition coefficient (Wildman–Crippen LogP) is 2.50. The van der Waals surface area contributed by atoms with Crippen molar-refractivity contribution in [2.45, 2.75) is 26.2 Å². The summed E-state index contributed by atoms with van der Waals surface area (Å²) in [5.41, 5.74) is 2.39. The molecule has 0 aromatic heterocycles. The first-order chi connectivity index (χ1) is 7.27. The molecule has 1 aromatic rings. The number of hydrogen-bond donors (Lipinski definition) is 1. The second kappa shape index (κ2) is 6.59. The van der Waals surface area contributed by atoms with E-state index in [2.05, 4.69) is 38.1 Å². The third-order valence-electron chi connectivity index (χ3n) is 2.44. The van der Waals surface area contributed by atoms with Crippen LogP contribution in [0.5, 0.6) is 0 Å². The molecular formula is C13H20O2. The maximum atomic E-state index is 9.27. The van der Waals surface area contributed by atoms with Gasteiger partial charge in [-0.3, -0.25) is 0 Å². The molecule has 0 radical (unpaired) electrons. The van der Waals surface area contributed by atoms with Crippen molar-refractivity contribution in [1.29, 1.82) is 0 Å². The standard InChI is InChI=1S/C13H20O2/c1-3-8-15-10-13(9-14)12-6-4-11(2)5-7-12/h4-7,13-14H,3,8-10H2,1-2H3. The molecule has 15 heavy (non-hydrogen) atoms. The lowest BCUT2D eigenvalue weighted by molar-refractivity contribution is 0.0998. The summed E-state index contributed by atoms with van der Waals surface area (Å²) in [6.45, 7) is 5.66. The fourth-order valence-electron chi connectivity index (χ4n) is 1.46. The lowest BCUT2D eigenvalue weighted by Gasteiger charge is -2.14. The first-order valence-electron chi connectivity index (χ1n) is 5.53. The van der Waals surface area contributed by atoms with Crippen molar-refractivity contribution in [2.24, 2.45) is 0 Å². The molecule has 0 saturated carbocycles. The van der Waals surface area contributed by atoms with Crippen molar-refractivity contribution in [1.82, 2.24) is 0 Å². The molecule has 0 aliphatic carbocycles. The summed E-state index contributed by atoms with van der Waals surface area (Å²) in [7, 11) is 0. The largest absolute Gasteiger partial charge is 0.396 e. The van der Waals surface area contributed by atoms with Crippen LogP contribution in [0.25, 0.3) is 0 Å². The number of ether oxygens (including phenoxy) is 1. The van der Waals surface area contributed by atoms with Gasteiger partial charge in [0.15, 0.2) is 0 Å². The number of aliphatic hydroxyl groups is 1. The quantitative estimate of drug-likeness (QED) is 0.728. The summed E-state index contributed by atoms with van der Waals surface area (Å²) >= 11 is 0. The Bertz CT molecular complexity index is 266. The zero-order valence-corrected chi connectivity index (χ0v) is 9.57. The van der Waals surface area contributed by atoms with E-state index < -0.39 is 0 Å². The minimum absolute atomic E-state index is 0.108. The second-order valence-corrected chi connectivity index (χ2v) is 3.87. The molecule has 0 saturated heterocycles. The van der Waals surface area contributed by atoms with Crippen LogP contribution in [0.3, 0.4) is 0 Å². The van der Waals surface area contributed by atoms with E-state index in [9.17, 15) is 5.11 Å². The van der Waals surface area contributed by atoms with Crippen LogP contribution in [0.2, 0.25) is 0 Å². The smallest absolute Gasteiger partial charge is 0.0556 e. The van der Waals surface area contributed by atoms with Gasteiger partial charge in [0.2, 0.25) is 0 Å². The second-order valence-electron chi connectivity index (χ2n) is 3.87. The van der Waals surface area contributed by atoms with Crippen LogP contribution in [-0.4, -0.2) is 24.9 Å². The minimum atomic E-state index is 0.108. The Balaban J connectivity index is 2.53. The van der Waals surface area contributed by atoms with Gasteiger partial charge in [0.05, 0.1) is 13.2 Å². The number of benzene rings is 1. The molecule has 0 bridgehead atoms. The van der Waals surface area contributed by atoms with Crippen molar-refractivity contribution in [3.8, 4) is 0 Å². The van der Waals surface area contributed by atoms with Gasteiger partial charge in [-0.15, -0.1) is 0 Å². The van der Waals surface area contributed by atoms with E-state index in [0.29, 0.717) is 6.61 Å². The number of aryl methyl sites for hydroxylation is 1. The lowest BCUT2D eigenvalue weighted by Crippen LogP contribution is -2.12. The van der Waals surface area contributed by atoms with E-state index in [4.69, 9.17) is 4.74 Å². The maximum absolute atomic E-state index is 9.27. The fourth-order valence-corrected chi connectivity index (χ4v) is 1.46. The van der Waals surface area contributed by atoms with Gasteiger partial charge >= 0.3 is 0 Å². The molecule has 2 nitrogen and oxygen atoms in total. The first-order valence-corrected chi connectivity index (χ1v) is 5.53. The Morgan fingerprint density at radius 2 is 1.93 bits per heavy atom. The molecule has 1 rings (SSSR count). The molecule has 0 heterocycles. The normalized spacial score (nSPS) is 12.7. The molecule has 2 heteroatoms. The Kier molecular flexibility index (Phi) is 5.37. The van der Waals surface area contributed by atoms with Gasteiger partial charge < -0.3 is 9.84 Å². The van der Waals surface area contributed by atoms with Crippen molar-refractivity contribution < 1.29 is 9.84 Å². The molecule has 1 N–H and O–H groups in total. The lowest BCUT2D eigenvalue weighted by atomic mass is 10.00. The fraction of sp³-hybridized carbons (Fsp3) is 0.538. The van der Waals surface area contributed by atoms with E-state index in [1.54, 1.807) is 0 Å². The first kappa shape index (κ1) is 12.2. The molecular weight excluding hydrogens is 188 g/mol. The highest BCUT2D eigenvalue weighted by Gasteiger charge is 2.09. The van der Waals surface area contributed by atoms with Crippen molar-refractivity contribution in [3.05, 3.63) is 35.4 Å². The highest BCUT2D eigenvalue weighted by atomic mass is 16.5. The van der Waals surface area contributed by atoms with E-state index in [-0.39, 0.29) is 12.5 Å². The average molecular weight is 208 g/mol. The summed E-state index contributed by atoms with van der Waals surface area (Å²) in [4.78, 5) is 0. The van der Waals surface area contributed by atoms with Gasteiger partial charge in [0.25, 0.3) is 0 Å². The molecule has 0 fully saturated rings. The highest BCUT2D eigenvalue weighted by Crippen LogP contribution is 2.16. The molecule has 1 unspecified atom stereocenters. The molecule has 1 atom stereocenters. The maximum Gasteiger partial charge on any atom is 0.0556 e. The average Bonchev–Trinajstić information content (AvgIpc) is 2.26. The molecule has 84 valence electrons. The van der Waals surface area contributed by atoms with E-state index in [0.717, 1.165) is 18.6 Å². The third kappa shape index (κ3) is 4.02. The van der Waals surface area contributed by atoms with Crippen LogP contribution in [0.4, 0.5) is 0 Å². The summed E-state index contributed by atoms with van der Waals surface area (Å²) in [5.74, 6) is 0.108. The number of aliphatic hydroxyl groups excluding tert-OH is 1. The predicted molar refractivity (Wildman–Crippen MR) is 62.1 cm³/mol. The number of hydrogen-bond acceptors (Lipinski definition) is 2. The monoisotopic (exact) mass is 208 g/mol. The van der Waals surface area contributed by atoms with Crippen LogP contribution in [-0.2, 0) is 4.74 Å². The van der Waals surface area contributed by atoms with Gasteiger partial charge in [-0.2, -0.15) is 0 Å². The van der Waals surface area contributed by atoms with Gasteiger partial charge in [-0.05, 0) is 18.9 Å². The van der Waals surface area contributed by atoms with Gasteiger partial charge in [0.1, 0.15) is 0 Å². The van der Waals surface area contributed by atoms with Crippen LogP contribution in [0.1, 0.15) is 30.4 Å². The molecule has 0 aliphatic heterocycles. The van der Waals surface area contributed by atoms with Gasteiger partial charge in [-0.1, -0.05) is 36.8 Å². The Morgan fingerprint density at radius 1 is 1.27 bits per heavy atom. The minimum Gasteiger partial charge on any atom is -0.396 e. The highest BCUT2D eigenvalue weighted by molar-refractivity contribution is 5.24. The SMILES string of the molecule is CCCOCC(CO)c1ccc(C)cc1. The van der Waals surface area contributed by atoms with E-state index in [1.165, 1.54) is 5.56 Å². The van der Waals surface area contributed by atoms with Crippen LogP contribution < -0.4 is 0 Å². The van der Waals surface area contributed by atoms with E-state index in [1.807, 2.05) is 0 Å². The van der Waals surface area contributed by atoms with Crippen LogP contribution in [0, 0.1) is 6.92 Å². The summed E-state index contributed by atoms with van der Waals surface area (Å²) in [6, 6.07) is 8.26. The summed E-state index contributed by atoms with van der Waals surface area (Å²) in [6.07, 6.45) is 1.02. The van der Waals surface area contributed by atoms with Crippen molar-refractivity contribution in [3.63, 3.8) is 0 Å². The van der Waals surface area contributed by atoms with Crippen molar-refractivity contribution in [2.75, 3.05) is 19.8 Å². The van der Waals surface area contributed by atoms with Crippen molar-refractivity contribution >= 4 is 0 Å². The Morgan fingerprint density at radius 3 is 2.47 bits per heavy atom. The van der Waals surface area contributed by atoms with E-state index >= 15 is 0 Å². The number of rotatable bonds is 6. The summed E-state index contributed by atoms with van der Waals surface area (Å²) < 4.78 is 5.46. The molecule has 0 aliphatic rings. The third-order valence-corrected chi connectivity index (χ3v) is 2.44. The van der Waals surface area contributed by atoms with Gasteiger partial charge in [-0.25, -0.2) is 0 Å². The topological polar surface area (TPSA) is 29.5 Å². The zero-order valence-electron chi connectivity index (χ0n) is 9.57. The summed E-state index contributed by atoms with van der Waals surface area (Å²) in [5, 5.41) is 9.27. The molecule has 0 amide bonds. The van der Waals surface area contributed by atoms with Gasteiger partial charge in [0, 0.05) is 12.5 Å². The van der Waals surface area contributed by atoms with Crippen LogP contribution >= 0.6 is 0 Å². The van der Waals surface area contributed by atoms with Crippen LogP contribution in [0.15, 0.2) is 24.3 Å². The Hall–Kier alpha value is -0.860. The Labute approximate surface area is 91.9 Å². The molecule has 1 aromatic carbocycles. The zero-order chi connectivity index (χ0) is 11.1. The molecule has 0 spiro atoms.